The number of hydrogen-bond acceptors (Lipinski definition) is 2. The normalized spacial score (nSPS) is 12.1. The molecule has 0 bridgehead atoms. The molecule has 2 aromatic rings. The second kappa shape index (κ2) is 7.71. The smallest absolute Gasteiger partial charge is 0.0376 e. The molecule has 3 N–H and O–H groups in total. The van der Waals surface area contributed by atoms with Gasteiger partial charge in [-0.15, -0.1) is 0 Å². The predicted molar refractivity (Wildman–Crippen MR) is 87.0 cm³/mol. The molecule has 0 spiro atoms. The first-order chi connectivity index (χ1) is 9.79. The van der Waals surface area contributed by atoms with Gasteiger partial charge in [-0.1, -0.05) is 55.5 Å². The Morgan fingerprint density at radius 3 is 2.45 bits per heavy atom. The lowest BCUT2D eigenvalue weighted by molar-refractivity contribution is 0.561. The van der Waals surface area contributed by atoms with Crippen LogP contribution in [0.25, 0.3) is 0 Å². The molecule has 20 heavy (non-hydrogen) atoms. The Balaban J connectivity index is 1.99. The Morgan fingerprint density at radius 1 is 1.00 bits per heavy atom. The Bertz CT molecular complexity index is 508. The molecule has 0 radical (unpaired) electrons. The summed E-state index contributed by atoms with van der Waals surface area (Å²) in [7, 11) is 0. The highest BCUT2D eigenvalue weighted by molar-refractivity contribution is 5.52. The highest BCUT2D eigenvalue weighted by Gasteiger charge is 2.03. The summed E-state index contributed by atoms with van der Waals surface area (Å²) >= 11 is 0. The second-order valence-corrected chi connectivity index (χ2v) is 5.38. The summed E-state index contributed by atoms with van der Waals surface area (Å²) in [6.45, 7) is 3.93. The van der Waals surface area contributed by atoms with E-state index in [9.17, 15) is 0 Å². The van der Waals surface area contributed by atoms with Gasteiger partial charge in [0.25, 0.3) is 0 Å². The van der Waals surface area contributed by atoms with Crippen molar-refractivity contribution in [1.29, 1.82) is 0 Å². The molecule has 1 unspecified atom stereocenters. The van der Waals surface area contributed by atoms with E-state index in [1.165, 1.54) is 16.8 Å². The first-order valence-electron chi connectivity index (χ1n) is 7.35. The number of rotatable bonds is 7. The molecular weight excluding hydrogens is 244 g/mol. The van der Waals surface area contributed by atoms with Crippen molar-refractivity contribution in [1.82, 2.24) is 0 Å². The Hall–Kier alpha value is -1.80. The van der Waals surface area contributed by atoms with Crippen LogP contribution in [0.2, 0.25) is 0 Å². The SMILES string of the molecule is CC(CN)CCNc1ccccc1Cc1ccccc1. The highest BCUT2D eigenvalue weighted by atomic mass is 14.9. The molecule has 0 saturated heterocycles. The minimum atomic E-state index is 0.573. The topological polar surface area (TPSA) is 38.0 Å². The van der Waals surface area contributed by atoms with Crippen molar-refractivity contribution in [3.63, 3.8) is 0 Å². The summed E-state index contributed by atoms with van der Waals surface area (Å²) in [5.74, 6) is 0.573. The number of nitrogens with two attached hydrogens (primary N) is 1. The number of nitrogens with one attached hydrogen (secondary N) is 1. The van der Waals surface area contributed by atoms with Gasteiger partial charge in [-0.2, -0.15) is 0 Å². The van der Waals surface area contributed by atoms with Crippen LogP contribution in [0, 0.1) is 5.92 Å². The van der Waals surface area contributed by atoms with E-state index in [2.05, 4.69) is 66.8 Å². The monoisotopic (exact) mass is 268 g/mol. The van der Waals surface area contributed by atoms with Crippen LogP contribution in [0.15, 0.2) is 54.6 Å². The van der Waals surface area contributed by atoms with Gasteiger partial charge in [-0.25, -0.2) is 0 Å². The Kier molecular flexibility index (Phi) is 5.63. The summed E-state index contributed by atoms with van der Waals surface area (Å²) in [6.07, 6.45) is 2.08. The molecular formula is C18H24N2. The van der Waals surface area contributed by atoms with E-state index in [-0.39, 0.29) is 0 Å². The average molecular weight is 268 g/mol. The van der Waals surface area contributed by atoms with Gasteiger partial charge >= 0.3 is 0 Å². The molecule has 2 nitrogen and oxygen atoms in total. The summed E-state index contributed by atoms with van der Waals surface area (Å²) in [4.78, 5) is 0. The highest BCUT2D eigenvalue weighted by Crippen LogP contribution is 2.19. The summed E-state index contributed by atoms with van der Waals surface area (Å²) in [5, 5.41) is 3.54. The molecule has 2 heteroatoms. The van der Waals surface area contributed by atoms with E-state index in [0.717, 1.165) is 25.9 Å². The van der Waals surface area contributed by atoms with E-state index >= 15 is 0 Å². The molecule has 1 atom stereocenters. The van der Waals surface area contributed by atoms with Gasteiger partial charge in [0, 0.05) is 12.2 Å². The first kappa shape index (κ1) is 14.6. The zero-order valence-corrected chi connectivity index (χ0v) is 12.2. The number of hydrogen-bond donors (Lipinski definition) is 2. The number of benzene rings is 2. The van der Waals surface area contributed by atoms with Crippen molar-refractivity contribution < 1.29 is 0 Å². The van der Waals surface area contributed by atoms with Gasteiger partial charge in [-0.3, -0.25) is 0 Å². The van der Waals surface area contributed by atoms with Crippen molar-refractivity contribution in [3.8, 4) is 0 Å². The molecule has 0 heterocycles. The zero-order chi connectivity index (χ0) is 14.2. The lowest BCUT2D eigenvalue weighted by atomic mass is 10.0. The lowest BCUT2D eigenvalue weighted by Crippen LogP contribution is -2.15. The third kappa shape index (κ3) is 4.39. The molecule has 2 rings (SSSR count). The predicted octanol–water partition coefficient (Wildman–Crippen LogP) is 3.67. The van der Waals surface area contributed by atoms with Crippen LogP contribution in [-0.2, 0) is 6.42 Å². The maximum atomic E-state index is 5.66. The fourth-order valence-corrected chi connectivity index (χ4v) is 2.23. The standard InChI is InChI=1S/C18H24N2/c1-15(14-19)11-12-20-18-10-6-5-9-17(18)13-16-7-3-2-4-8-16/h2-10,15,20H,11-14,19H2,1H3. The third-order valence-corrected chi connectivity index (χ3v) is 3.61. The Morgan fingerprint density at radius 2 is 1.70 bits per heavy atom. The maximum absolute atomic E-state index is 5.66. The van der Waals surface area contributed by atoms with E-state index < -0.39 is 0 Å². The van der Waals surface area contributed by atoms with Crippen LogP contribution in [0.1, 0.15) is 24.5 Å². The molecule has 0 aliphatic heterocycles. The summed E-state index contributed by atoms with van der Waals surface area (Å²) in [5.41, 5.74) is 9.58. The molecule has 2 aromatic carbocycles. The maximum Gasteiger partial charge on any atom is 0.0376 e. The van der Waals surface area contributed by atoms with Gasteiger partial charge in [0.1, 0.15) is 0 Å². The second-order valence-electron chi connectivity index (χ2n) is 5.38. The van der Waals surface area contributed by atoms with Crippen LogP contribution in [0.3, 0.4) is 0 Å². The first-order valence-corrected chi connectivity index (χ1v) is 7.35. The van der Waals surface area contributed by atoms with Crippen molar-refractivity contribution in [2.45, 2.75) is 19.8 Å². The van der Waals surface area contributed by atoms with Crippen LogP contribution in [0.4, 0.5) is 5.69 Å². The molecule has 0 aliphatic carbocycles. The van der Waals surface area contributed by atoms with Gasteiger partial charge in [0.2, 0.25) is 0 Å². The number of para-hydroxylation sites is 1. The van der Waals surface area contributed by atoms with Crippen LogP contribution in [-0.4, -0.2) is 13.1 Å². The summed E-state index contributed by atoms with van der Waals surface area (Å²) < 4.78 is 0. The quantitative estimate of drug-likeness (QED) is 0.804. The molecule has 0 saturated carbocycles. The third-order valence-electron chi connectivity index (χ3n) is 3.61. The van der Waals surface area contributed by atoms with Gasteiger partial charge in [-0.05, 0) is 42.5 Å². The molecule has 0 fully saturated rings. The van der Waals surface area contributed by atoms with Gasteiger partial charge in [0.15, 0.2) is 0 Å². The van der Waals surface area contributed by atoms with Crippen molar-refractivity contribution >= 4 is 5.69 Å². The molecule has 0 aliphatic rings. The van der Waals surface area contributed by atoms with Crippen molar-refractivity contribution in [2.24, 2.45) is 11.7 Å². The van der Waals surface area contributed by atoms with Crippen LogP contribution < -0.4 is 11.1 Å². The minimum absolute atomic E-state index is 0.573. The van der Waals surface area contributed by atoms with E-state index in [1.54, 1.807) is 0 Å². The number of anilines is 1. The largest absolute Gasteiger partial charge is 0.385 e. The van der Waals surface area contributed by atoms with E-state index in [4.69, 9.17) is 5.73 Å². The van der Waals surface area contributed by atoms with Gasteiger partial charge in [0.05, 0.1) is 0 Å². The zero-order valence-electron chi connectivity index (χ0n) is 12.2. The fourth-order valence-electron chi connectivity index (χ4n) is 2.23. The van der Waals surface area contributed by atoms with Crippen molar-refractivity contribution in [2.75, 3.05) is 18.4 Å². The van der Waals surface area contributed by atoms with Crippen molar-refractivity contribution in [3.05, 3.63) is 65.7 Å². The molecule has 106 valence electrons. The van der Waals surface area contributed by atoms with E-state index in [1.807, 2.05) is 0 Å². The van der Waals surface area contributed by atoms with Crippen LogP contribution in [0.5, 0.6) is 0 Å². The van der Waals surface area contributed by atoms with E-state index in [0.29, 0.717) is 5.92 Å². The molecule has 0 amide bonds. The lowest BCUT2D eigenvalue weighted by Gasteiger charge is -2.14. The fraction of sp³-hybridized carbons (Fsp3) is 0.333. The Labute approximate surface area is 122 Å². The van der Waals surface area contributed by atoms with Gasteiger partial charge < -0.3 is 11.1 Å². The summed E-state index contributed by atoms with van der Waals surface area (Å²) in [6, 6.07) is 19.1. The molecule has 0 aromatic heterocycles. The average Bonchev–Trinajstić information content (AvgIpc) is 2.50. The van der Waals surface area contributed by atoms with Crippen LogP contribution >= 0.6 is 0 Å². The minimum Gasteiger partial charge on any atom is -0.385 e.